The van der Waals surface area contributed by atoms with Crippen LogP contribution in [0.3, 0.4) is 0 Å². The molecule has 5 heteroatoms. The van der Waals surface area contributed by atoms with Gasteiger partial charge in [-0.25, -0.2) is 0 Å². The van der Waals surface area contributed by atoms with Crippen LogP contribution in [0.1, 0.15) is 30.9 Å². The smallest absolute Gasteiger partial charge is 0.227 e. The summed E-state index contributed by atoms with van der Waals surface area (Å²) >= 11 is 0. The van der Waals surface area contributed by atoms with Crippen molar-refractivity contribution in [2.24, 2.45) is 0 Å². The zero-order chi connectivity index (χ0) is 19.3. The molecule has 1 saturated heterocycles. The van der Waals surface area contributed by atoms with Crippen molar-refractivity contribution in [2.75, 3.05) is 13.1 Å². The zero-order valence-electron chi connectivity index (χ0n) is 15.7. The highest BCUT2D eigenvalue weighted by Crippen LogP contribution is 2.27. The lowest BCUT2D eigenvalue weighted by Gasteiger charge is -2.41. The van der Waals surface area contributed by atoms with E-state index in [1.807, 2.05) is 61.5 Å². The van der Waals surface area contributed by atoms with Crippen LogP contribution in [0.25, 0.3) is 0 Å². The Morgan fingerprint density at radius 3 is 2.59 bits per heavy atom. The number of hydrogen-bond acceptors (Lipinski definition) is 4. The van der Waals surface area contributed by atoms with Gasteiger partial charge in [0.2, 0.25) is 5.91 Å². The number of nitrogens with zero attached hydrogens (tertiary/aromatic N) is 1. The van der Waals surface area contributed by atoms with Gasteiger partial charge in [0.25, 0.3) is 0 Å². The highest BCUT2D eigenvalue weighted by atomic mass is 16.5. The fourth-order valence-electron chi connectivity index (χ4n) is 3.40. The molecule has 0 radical (unpaired) electrons. The van der Waals surface area contributed by atoms with Gasteiger partial charge < -0.3 is 19.8 Å². The van der Waals surface area contributed by atoms with Gasteiger partial charge in [-0.15, -0.1) is 0 Å². The summed E-state index contributed by atoms with van der Waals surface area (Å²) in [7, 11) is 0. The zero-order valence-corrected chi connectivity index (χ0v) is 15.7. The van der Waals surface area contributed by atoms with Crippen molar-refractivity contribution < 1.29 is 19.7 Å². The van der Waals surface area contributed by atoms with E-state index in [1.165, 1.54) is 0 Å². The molecule has 2 aromatic rings. The second-order valence-electron chi connectivity index (χ2n) is 7.12. The molecule has 1 aliphatic rings. The van der Waals surface area contributed by atoms with E-state index >= 15 is 0 Å². The molecular weight excluding hydrogens is 342 g/mol. The van der Waals surface area contributed by atoms with Crippen LogP contribution in [0.4, 0.5) is 0 Å². The van der Waals surface area contributed by atoms with Crippen molar-refractivity contribution in [2.45, 2.75) is 44.5 Å². The lowest BCUT2D eigenvalue weighted by Crippen LogP contribution is -2.56. The number of likely N-dealkylation sites (tertiary alicyclic amines) is 1. The molecule has 2 aromatic carbocycles. The molecule has 0 aliphatic carbocycles. The van der Waals surface area contributed by atoms with Gasteiger partial charge in [0.05, 0.1) is 12.0 Å². The quantitative estimate of drug-likeness (QED) is 0.821. The highest BCUT2D eigenvalue weighted by Gasteiger charge is 2.40. The van der Waals surface area contributed by atoms with Crippen LogP contribution in [-0.2, 0) is 17.8 Å². The molecule has 0 spiro atoms. The van der Waals surface area contributed by atoms with Gasteiger partial charge in [-0.05, 0) is 24.5 Å². The fraction of sp³-hybridized carbons (Fsp3) is 0.409. The van der Waals surface area contributed by atoms with E-state index in [0.29, 0.717) is 31.7 Å². The molecule has 5 nitrogen and oxygen atoms in total. The van der Waals surface area contributed by atoms with Gasteiger partial charge >= 0.3 is 0 Å². The number of aliphatic hydroxyl groups excluding tert-OH is 1. The van der Waals surface area contributed by atoms with Crippen LogP contribution < -0.4 is 4.74 Å². The molecule has 2 N–H and O–H groups in total. The van der Waals surface area contributed by atoms with Gasteiger partial charge in [0.1, 0.15) is 18.5 Å². The Labute approximate surface area is 160 Å². The maximum Gasteiger partial charge on any atom is 0.227 e. The number of hydrogen-bond donors (Lipinski definition) is 2. The van der Waals surface area contributed by atoms with Crippen molar-refractivity contribution in [3.8, 4) is 5.75 Å². The monoisotopic (exact) mass is 369 g/mol. The third kappa shape index (κ3) is 4.67. The molecule has 2 atom stereocenters. The first kappa shape index (κ1) is 19.4. The largest absolute Gasteiger partial charge is 0.489 e. The number of ether oxygens (including phenoxy) is 1. The molecule has 1 heterocycles. The standard InChI is InChI=1S/C22H27NO4/c1-2-22(26)12-13-23(15-20(22)24)21(25)14-18-10-6-7-11-19(18)27-16-17-8-4-3-5-9-17/h3-11,20,24,26H,2,12-16H2,1H3/t20-,22-/m1/s1. The number of aliphatic hydroxyl groups is 2. The maximum absolute atomic E-state index is 12.7. The van der Waals surface area contributed by atoms with E-state index in [9.17, 15) is 15.0 Å². The normalized spacial score (nSPS) is 22.5. The first-order valence-corrected chi connectivity index (χ1v) is 9.44. The molecule has 1 fully saturated rings. The van der Waals surface area contributed by atoms with Gasteiger partial charge in [0.15, 0.2) is 0 Å². The number of rotatable bonds is 6. The van der Waals surface area contributed by atoms with Crippen molar-refractivity contribution in [3.05, 3.63) is 65.7 Å². The summed E-state index contributed by atoms with van der Waals surface area (Å²) in [5.41, 5.74) is 0.800. The highest BCUT2D eigenvalue weighted by molar-refractivity contribution is 5.79. The molecule has 1 amide bonds. The minimum absolute atomic E-state index is 0.0667. The number of para-hydroxylation sites is 1. The van der Waals surface area contributed by atoms with Crippen LogP contribution in [-0.4, -0.2) is 45.8 Å². The summed E-state index contributed by atoms with van der Waals surface area (Å²) in [6, 6.07) is 17.4. The Kier molecular flexibility index (Phi) is 6.14. The summed E-state index contributed by atoms with van der Waals surface area (Å²) < 4.78 is 5.92. The van der Waals surface area contributed by atoms with E-state index in [2.05, 4.69) is 0 Å². The summed E-state index contributed by atoms with van der Waals surface area (Å²) in [6.07, 6.45) is 0.168. The summed E-state index contributed by atoms with van der Waals surface area (Å²) in [5, 5.41) is 20.6. The summed E-state index contributed by atoms with van der Waals surface area (Å²) in [5.74, 6) is 0.625. The van der Waals surface area contributed by atoms with Crippen LogP contribution in [0.15, 0.2) is 54.6 Å². The number of β-amino-alcohol motifs (C(OH)–C–C–N with tert-alkyl or cyclic N) is 1. The minimum Gasteiger partial charge on any atom is -0.489 e. The molecule has 144 valence electrons. The number of benzene rings is 2. The Hall–Kier alpha value is -2.37. The van der Waals surface area contributed by atoms with E-state index in [1.54, 1.807) is 4.90 Å². The molecule has 3 rings (SSSR count). The number of amides is 1. The number of piperidine rings is 1. The van der Waals surface area contributed by atoms with E-state index in [0.717, 1.165) is 11.1 Å². The minimum atomic E-state index is -1.09. The topological polar surface area (TPSA) is 70.0 Å². The number of carbonyl (C=O) groups is 1. The van der Waals surface area contributed by atoms with Gasteiger partial charge in [0, 0.05) is 18.7 Å². The first-order chi connectivity index (χ1) is 13.0. The first-order valence-electron chi connectivity index (χ1n) is 9.44. The Balaban J connectivity index is 1.63. The Bertz CT molecular complexity index is 764. The Morgan fingerprint density at radius 2 is 1.89 bits per heavy atom. The van der Waals surface area contributed by atoms with Crippen molar-refractivity contribution in [1.29, 1.82) is 0 Å². The summed E-state index contributed by atoms with van der Waals surface area (Å²) in [6.45, 7) is 2.91. The van der Waals surface area contributed by atoms with Crippen LogP contribution >= 0.6 is 0 Å². The molecule has 1 aliphatic heterocycles. The molecule has 0 unspecified atom stereocenters. The lowest BCUT2D eigenvalue weighted by molar-refractivity contribution is -0.149. The third-order valence-electron chi connectivity index (χ3n) is 5.34. The fourth-order valence-corrected chi connectivity index (χ4v) is 3.40. The average Bonchev–Trinajstić information content (AvgIpc) is 2.70. The van der Waals surface area contributed by atoms with Crippen LogP contribution in [0, 0.1) is 0 Å². The van der Waals surface area contributed by atoms with Gasteiger partial charge in [-0.1, -0.05) is 55.5 Å². The predicted octanol–water partition coefficient (Wildman–Crippen LogP) is 2.54. The number of carbonyl (C=O) groups excluding carboxylic acids is 1. The van der Waals surface area contributed by atoms with Crippen molar-refractivity contribution >= 4 is 5.91 Å². The van der Waals surface area contributed by atoms with Gasteiger partial charge in [-0.2, -0.15) is 0 Å². The van der Waals surface area contributed by atoms with Crippen LogP contribution in [0.5, 0.6) is 5.75 Å². The average molecular weight is 369 g/mol. The molecule has 0 aromatic heterocycles. The summed E-state index contributed by atoms with van der Waals surface area (Å²) in [4.78, 5) is 14.3. The SMILES string of the molecule is CC[C@@]1(O)CCN(C(=O)Cc2ccccc2OCc2ccccc2)C[C@H]1O. The lowest BCUT2D eigenvalue weighted by atomic mass is 9.86. The van der Waals surface area contributed by atoms with Gasteiger partial charge in [-0.3, -0.25) is 4.79 Å². The maximum atomic E-state index is 12.7. The second-order valence-corrected chi connectivity index (χ2v) is 7.12. The molecule has 0 bridgehead atoms. The molecule has 0 saturated carbocycles. The second kappa shape index (κ2) is 8.55. The van der Waals surface area contributed by atoms with Crippen molar-refractivity contribution in [1.82, 2.24) is 4.90 Å². The van der Waals surface area contributed by atoms with E-state index in [-0.39, 0.29) is 18.9 Å². The predicted molar refractivity (Wildman–Crippen MR) is 103 cm³/mol. The van der Waals surface area contributed by atoms with Crippen molar-refractivity contribution in [3.63, 3.8) is 0 Å². The third-order valence-corrected chi connectivity index (χ3v) is 5.34. The molecule has 27 heavy (non-hydrogen) atoms. The van der Waals surface area contributed by atoms with E-state index in [4.69, 9.17) is 4.74 Å². The Morgan fingerprint density at radius 1 is 1.19 bits per heavy atom. The van der Waals surface area contributed by atoms with E-state index < -0.39 is 11.7 Å². The van der Waals surface area contributed by atoms with Crippen LogP contribution in [0.2, 0.25) is 0 Å². The molecular formula is C22H27NO4.